The number of aryl methyl sites for hydroxylation is 2. The first-order chi connectivity index (χ1) is 13.4. The number of nitrogen functional groups attached to an aromatic ring is 1. The summed E-state index contributed by atoms with van der Waals surface area (Å²) in [5.41, 5.74) is 11.1. The van der Waals surface area contributed by atoms with Crippen molar-refractivity contribution in [2.24, 2.45) is 7.05 Å². The summed E-state index contributed by atoms with van der Waals surface area (Å²) < 4.78 is 1.35. The Hall–Kier alpha value is -3.08. The average Bonchev–Trinajstić information content (AvgIpc) is 2.72. The molecule has 5 heteroatoms. The normalized spacial score (nSPS) is 10.2. The molecule has 28 heavy (non-hydrogen) atoms. The highest BCUT2D eigenvalue weighted by Gasteiger charge is 2.05. The van der Waals surface area contributed by atoms with E-state index in [1.807, 2.05) is 27.9 Å². The van der Waals surface area contributed by atoms with Crippen LogP contribution >= 0.6 is 0 Å². The van der Waals surface area contributed by atoms with E-state index in [1.54, 1.807) is 13.1 Å². The highest BCUT2D eigenvalue weighted by Crippen LogP contribution is 2.25. The molecule has 0 atom stereocenters. The monoisotopic (exact) mass is 378 g/mol. The van der Waals surface area contributed by atoms with Gasteiger partial charge in [0.1, 0.15) is 0 Å². The van der Waals surface area contributed by atoms with Gasteiger partial charge in [0, 0.05) is 32.9 Å². The molecule has 2 aromatic carbocycles. The molecule has 0 radical (unpaired) electrons. The molecule has 0 unspecified atom stereocenters. The molecule has 5 nitrogen and oxygen atoms in total. The molecule has 3 aromatic rings. The number of nitrogens with zero attached hydrogens (tertiary/aromatic N) is 3. The van der Waals surface area contributed by atoms with Crippen LogP contribution in [-0.2, 0) is 19.9 Å². The van der Waals surface area contributed by atoms with Gasteiger partial charge in [0.15, 0.2) is 0 Å². The van der Waals surface area contributed by atoms with Gasteiger partial charge in [-0.05, 0) is 41.7 Å². The number of aromatic nitrogens is 2. The van der Waals surface area contributed by atoms with Crippen LogP contribution < -0.4 is 16.2 Å². The van der Waals surface area contributed by atoms with Gasteiger partial charge in [-0.15, -0.1) is 0 Å². The molecule has 0 fully saturated rings. The Morgan fingerprint density at radius 2 is 1.61 bits per heavy atom. The van der Waals surface area contributed by atoms with Gasteiger partial charge in [0.2, 0.25) is 5.95 Å². The summed E-state index contributed by atoms with van der Waals surface area (Å²) in [7, 11) is 5.70. The molecule has 0 bridgehead atoms. The first-order valence-electron chi connectivity index (χ1n) is 9.63. The number of anilines is 2. The van der Waals surface area contributed by atoms with Crippen LogP contribution in [0.25, 0.3) is 11.1 Å². The van der Waals surface area contributed by atoms with Crippen molar-refractivity contribution in [1.29, 1.82) is 0 Å². The van der Waals surface area contributed by atoms with Gasteiger partial charge in [-0.1, -0.05) is 50.2 Å². The summed E-state index contributed by atoms with van der Waals surface area (Å²) in [5.74, 6) is 0.252. The zero-order valence-electron chi connectivity index (χ0n) is 17.4. The van der Waals surface area contributed by atoms with Crippen molar-refractivity contribution < 1.29 is 0 Å². The second kappa shape index (κ2) is 9.74. The fourth-order valence-electron chi connectivity index (χ4n) is 2.88. The quantitative estimate of drug-likeness (QED) is 0.731. The van der Waals surface area contributed by atoms with Gasteiger partial charge in [0.25, 0.3) is 5.56 Å². The van der Waals surface area contributed by atoms with E-state index < -0.39 is 0 Å². The summed E-state index contributed by atoms with van der Waals surface area (Å²) in [5, 5.41) is 0. The van der Waals surface area contributed by atoms with Crippen LogP contribution in [-0.4, -0.2) is 23.6 Å². The summed E-state index contributed by atoms with van der Waals surface area (Å²) in [6.07, 6.45) is 1.49. The molecular formula is C23H30N4O. The van der Waals surface area contributed by atoms with E-state index in [0.717, 1.165) is 12.1 Å². The van der Waals surface area contributed by atoms with E-state index in [-0.39, 0.29) is 11.5 Å². The van der Waals surface area contributed by atoms with Crippen LogP contribution in [0.3, 0.4) is 0 Å². The maximum absolute atomic E-state index is 11.8. The molecule has 0 saturated heterocycles. The minimum Gasteiger partial charge on any atom is -0.378 e. The Kier molecular flexibility index (Phi) is 7.38. The average molecular weight is 379 g/mol. The zero-order valence-corrected chi connectivity index (χ0v) is 17.4. The smallest absolute Gasteiger partial charge is 0.254 e. The molecule has 0 aliphatic rings. The van der Waals surface area contributed by atoms with Crippen LogP contribution in [0.5, 0.6) is 0 Å². The SMILES string of the molecule is CC.CN(C)c1cccc(-c2cccc(CCc3cc(=O)n(C)c(N)n3)c2)c1. The highest BCUT2D eigenvalue weighted by atomic mass is 16.1. The fraction of sp³-hybridized carbons (Fsp3) is 0.304. The second-order valence-electron chi connectivity index (χ2n) is 6.65. The maximum atomic E-state index is 11.8. The molecule has 1 aromatic heterocycles. The van der Waals surface area contributed by atoms with Crippen molar-refractivity contribution in [3.05, 3.63) is 76.2 Å². The lowest BCUT2D eigenvalue weighted by Gasteiger charge is -2.14. The van der Waals surface area contributed by atoms with E-state index in [2.05, 4.69) is 58.4 Å². The lowest BCUT2D eigenvalue weighted by Crippen LogP contribution is -2.21. The molecule has 0 aliphatic heterocycles. The Bertz CT molecular complexity index is 976. The van der Waals surface area contributed by atoms with E-state index >= 15 is 0 Å². The summed E-state index contributed by atoms with van der Waals surface area (Å²) >= 11 is 0. The number of nitrogens with two attached hydrogens (primary N) is 1. The van der Waals surface area contributed by atoms with E-state index in [9.17, 15) is 4.79 Å². The van der Waals surface area contributed by atoms with E-state index in [4.69, 9.17) is 5.73 Å². The van der Waals surface area contributed by atoms with Gasteiger partial charge in [-0.3, -0.25) is 9.36 Å². The van der Waals surface area contributed by atoms with Crippen molar-refractivity contribution in [2.45, 2.75) is 26.7 Å². The summed E-state index contributed by atoms with van der Waals surface area (Å²) in [4.78, 5) is 18.2. The predicted octanol–water partition coefficient (Wildman–Crippen LogP) is 3.91. The molecule has 148 valence electrons. The van der Waals surface area contributed by atoms with Gasteiger partial charge >= 0.3 is 0 Å². The molecule has 0 saturated carbocycles. The Labute approximate surface area is 167 Å². The lowest BCUT2D eigenvalue weighted by molar-refractivity contribution is 0.806. The van der Waals surface area contributed by atoms with Crippen molar-refractivity contribution in [2.75, 3.05) is 24.7 Å². The lowest BCUT2D eigenvalue weighted by atomic mass is 10.00. The Morgan fingerprint density at radius 1 is 0.964 bits per heavy atom. The van der Waals surface area contributed by atoms with Gasteiger partial charge in [-0.25, -0.2) is 4.98 Å². The first-order valence-corrected chi connectivity index (χ1v) is 9.63. The van der Waals surface area contributed by atoms with Gasteiger partial charge < -0.3 is 10.6 Å². The van der Waals surface area contributed by atoms with Crippen molar-refractivity contribution in [3.63, 3.8) is 0 Å². The molecular weight excluding hydrogens is 348 g/mol. The summed E-state index contributed by atoms with van der Waals surface area (Å²) in [6, 6.07) is 18.5. The van der Waals surface area contributed by atoms with Gasteiger partial charge in [-0.2, -0.15) is 0 Å². The zero-order chi connectivity index (χ0) is 20.7. The predicted molar refractivity (Wildman–Crippen MR) is 119 cm³/mol. The van der Waals surface area contributed by atoms with Crippen LogP contribution in [0.4, 0.5) is 11.6 Å². The third kappa shape index (κ3) is 5.22. The third-order valence-corrected chi connectivity index (χ3v) is 4.52. The molecule has 1 heterocycles. The minimum absolute atomic E-state index is 0.123. The van der Waals surface area contributed by atoms with Crippen LogP contribution in [0.15, 0.2) is 59.4 Å². The maximum Gasteiger partial charge on any atom is 0.254 e. The molecule has 2 N–H and O–H groups in total. The third-order valence-electron chi connectivity index (χ3n) is 4.52. The largest absolute Gasteiger partial charge is 0.378 e. The standard InChI is InChI=1S/C21H24N4O.C2H6/c1-24(2)19-9-5-8-17(13-19)16-7-4-6-15(12-16)10-11-18-14-20(26)25(3)21(22)23-18;1-2/h4-9,12-14H,10-11H2,1-3H3,(H2,22,23);1-2H3. The number of hydrogen-bond donors (Lipinski definition) is 1. The Balaban J connectivity index is 0.00000136. The molecule has 0 amide bonds. The second-order valence-corrected chi connectivity index (χ2v) is 6.65. The van der Waals surface area contributed by atoms with E-state index in [0.29, 0.717) is 6.42 Å². The van der Waals surface area contributed by atoms with Crippen LogP contribution in [0.2, 0.25) is 0 Å². The molecule has 0 aliphatic carbocycles. The number of rotatable bonds is 5. The highest BCUT2D eigenvalue weighted by molar-refractivity contribution is 5.69. The Morgan fingerprint density at radius 3 is 2.25 bits per heavy atom. The first kappa shape index (κ1) is 21.2. The fourth-order valence-corrected chi connectivity index (χ4v) is 2.88. The van der Waals surface area contributed by atoms with Gasteiger partial charge in [0.05, 0.1) is 5.69 Å². The van der Waals surface area contributed by atoms with E-state index in [1.165, 1.54) is 26.9 Å². The van der Waals surface area contributed by atoms with Crippen LogP contribution in [0.1, 0.15) is 25.1 Å². The summed E-state index contributed by atoms with van der Waals surface area (Å²) in [6.45, 7) is 4.00. The van der Waals surface area contributed by atoms with Crippen molar-refractivity contribution >= 4 is 11.6 Å². The van der Waals surface area contributed by atoms with Crippen molar-refractivity contribution in [3.8, 4) is 11.1 Å². The topological polar surface area (TPSA) is 64.2 Å². The molecule has 3 rings (SSSR count). The number of benzene rings is 2. The minimum atomic E-state index is -0.123. The molecule has 0 spiro atoms. The van der Waals surface area contributed by atoms with Crippen LogP contribution in [0, 0.1) is 0 Å². The van der Waals surface area contributed by atoms with Crippen molar-refractivity contribution in [1.82, 2.24) is 9.55 Å². The number of hydrogen-bond acceptors (Lipinski definition) is 4.